The zero-order valence-electron chi connectivity index (χ0n) is 10.1. The van der Waals surface area contributed by atoms with E-state index in [0.717, 1.165) is 10.0 Å². The summed E-state index contributed by atoms with van der Waals surface area (Å²) >= 11 is 3.42. The first-order valence-corrected chi connectivity index (χ1v) is 6.22. The number of hydrogen-bond donors (Lipinski definition) is 0. The number of ether oxygens (including phenoxy) is 1. The van der Waals surface area contributed by atoms with Crippen LogP contribution in [-0.4, -0.2) is 17.9 Å². The minimum atomic E-state index is -0.145. The van der Waals surface area contributed by atoms with Crippen LogP contribution in [0, 0.1) is 6.92 Å². The lowest BCUT2D eigenvalue weighted by molar-refractivity contribution is 0.103. The molecular weight excluding hydrogens is 294 g/mol. The number of pyridine rings is 1. The average Bonchev–Trinajstić information content (AvgIpc) is 2.41. The first kappa shape index (κ1) is 12.8. The van der Waals surface area contributed by atoms with Crippen molar-refractivity contribution in [1.29, 1.82) is 0 Å². The lowest BCUT2D eigenvalue weighted by Gasteiger charge is -2.07. The number of aromatic nitrogens is 1. The van der Waals surface area contributed by atoms with Gasteiger partial charge in [0.05, 0.1) is 7.11 Å². The van der Waals surface area contributed by atoms with E-state index < -0.39 is 0 Å². The Kier molecular flexibility index (Phi) is 3.77. The van der Waals surface area contributed by atoms with Crippen LogP contribution in [0.25, 0.3) is 0 Å². The van der Waals surface area contributed by atoms with Crippen molar-refractivity contribution in [1.82, 2.24) is 4.98 Å². The second-order valence-corrected chi connectivity index (χ2v) is 4.70. The monoisotopic (exact) mass is 305 g/mol. The molecule has 0 saturated heterocycles. The largest absolute Gasteiger partial charge is 0.494 e. The Balaban J connectivity index is 2.44. The standard InChI is InChI=1S/C14H12BrNO2/c1-9-5-6-10(8-11(9)15)14(17)13-12(18-2)4-3-7-16-13/h3-8H,1-2H3. The Hall–Kier alpha value is -1.68. The van der Waals surface area contributed by atoms with Crippen LogP contribution < -0.4 is 4.74 Å². The van der Waals surface area contributed by atoms with E-state index >= 15 is 0 Å². The summed E-state index contributed by atoms with van der Waals surface area (Å²) < 4.78 is 6.05. The molecule has 0 aliphatic heterocycles. The highest BCUT2D eigenvalue weighted by atomic mass is 79.9. The van der Waals surface area contributed by atoms with Gasteiger partial charge in [-0.2, -0.15) is 0 Å². The number of carbonyl (C=O) groups is 1. The quantitative estimate of drug-likeness (QED) is 0.816. The SMILES string of the molecule is COc1cccnc1C(=O)c1ccc(C)c(Br)c1. The van der Waals surface area contributed by atoms with Crippen LogP contribution in [0.1, 0.15) is 21.6 Å². The highest BCUT2D eigenvalue weighted by Gasteiger charge is 2.16. The van der Waals surface area contributed by atoms with Crippen LogP contribution >= 0.6 is 15.9 Å². The molecule has 0 fully saturated rings. The molecule has 2 aromatic rings. The number of halogens is 1. The van der Waals surface area contributed by atoms with E-state index in [4.69, 9.17) is 4.74 Å². The molecule has 1 aromatic heterocycles. The number of rotatable bonds is 3. The van der Waals surface area contributed by atoms with Crippen molar-refractivity contribution in [2.24, 2.45) is 0 Å². The number of hydrogen-bond acceptors (Lipinski definition) is 3. The Labute approximate surface area is 114 Å². The smallest absolute Gasteiger partial charge is 0.215 e. The fourth-order valence-electron chi connectivity index (χ4n) is 1.60. The van der Waals surface area contributed by atoms with Crippen LogP contribution in [-0.2, 0) is 0 Å². The Morgan fingerprint density at radius 3 is 2.78 bits per heavy atom. The van der Waals surface area contributed by atoms with E-state index in [1.807, 2.05) is 13.0 Å². The molecule has 0 aliphatic carbocycles. The highest BCUT2D eigenvalue weighted by molar-refractivity contribution is 9.10. The predicted octanol–water partition coefficient (Wildman–Crippen LogP) is 3.39. The van der Waals surface area contributed by atoms with Crippen molar-refractivity contribution in [3.8, 4) is 5.75 Å². The lowest BCUT2D eigenvalue weighted by atomic mass is 10.1. The van der Waals surface area contributed by atoms with Crippen LogP contribution in [0.15, 0.2) is 41.0 Å². The third kappa shape index (κ3) is 2.43. The summed E-state index contributed by atoms with van der Waals surface area (Å²) in [5.74, 6) is 0.340. The number of nitrogens with zero attached hydrogens (tertiary/aromatic N) is 1. The number of carbonyl (C=O) groups excluding carboxylic acids is 1. The zero-order valence-corrected chi connectivity index (χ0v) is 11.7. The van der Waals surface area contributed by atoms with Crippen molar-refractivity contribution >= 4 is 21.7 Å². The first-order chi connectivity index (χ1) is 8.63. The summed E-state index contributed by atoms with van der Waals surface area (Å²) in [7, 11) is 1.53. The van der Waals surface area contributed by atoms with Gasteiger partial charge in [-0.15, -0.1) is 0 Å². The highest BCUT2D eigenvalue weighted by Crippen LogP contribution is 2.22. The Bertz CT molecular complexity index is 596. The Morgan fingerprint density at radius 2 is 2.11 bits per heavy atom. The maximum absolute atomic E-state index is 12.3. The van der Waals surface area contributed by atoms with Gasteiger partial charge in [-0.25, -0.2) is 4.98 Å². The van der Waals surface area contributed by atoms with Gasteiger partial charge in [0.15, 0.2) is 5.69 Å². The van der Waals surface area contributed by atoms with Crippen molar-refractivity contribution in [3.63, 3.8) is 0 Å². The minimum absolute atomic E-state index is 0.145. The fourth-order valence-corrected chi connectivity index (χ4v) is 1.98. The fraction of sp³-hybridized carbons (Fsp3) is 0.143. The van der Waals surface area contributed by atoms with Gasteiger partial charge in [0, 0.05) is 16.2 Å². The van der Waals surface area contributed by atoms with Gasteiger partial charge in [-0.1, -0.05) is 28.1 Å². The van der Waals surface area contributed by atoms with Gasteiger partial charge in [0.1, 0.15) is 5.75 Å². The topological polar surface area (TPSA) is 39.2 Å². The number of methoxy groups -OCH3 is 1. The molecule has 3 nitrogen and oxygen atoms in total. The van der Waals surface area contributed by atoms with Gasteiger partial charge < -0.3 is 4.74 Å². The van der Waals surface area contributed by atoms with E-state index in [0.29, 0.717) is 17.0 Å². The molecule has 4 heteroatoms. The molecule has 0 spiro atoms. The summed E-state index contributed by atoms with van der Waals surface area (Å²) in [4.78, 5) is 16.4. The molecule has 18 heavy (non-hydrogen) atoms. The normalized spacial score (nSPS) is 10.2. The van der Waals surface area contributed by atoms with E-state index in [1.165, 1.54) is 7.11 Å². The third-order valence-electron chi connectivity index (χ3n) is 2.64. The molecule has 0 atom stereocenters. The van der Waals surface area contributed by atoms with Crippen LogP contribution in [0.3, 0.4) is 0 Å². The van der Waals surface area contributed by atoms with Gasteiger partial charge in [0.2, 0.25) is 5.78 Å². The molecule has 0 amide bonds. The zero-order chi connectivity index (χ0) is 13.1. The van der Waals surface area contributed by atoms with E-state index in [-0.39, 0.29) is 5.78 Å². The van der Waals surface area contributed by atoms with Crippen LogP contribution in [0.5, 0.6) is 5.75 Å². The summed E-state index contributed by atoms with van der Waals surface area (Å²) in [5, 5.41) is 0. The van der Waals surface area contributed by atoms with Crippen molar-refractivity contribution in [2.45, 2.75) is 6.92 Å². The maximum Gasteiger partial charge on any atom is 0.215 e. The second kappa shape index (κ2) is 5.31. The molecule has 0 saturated carbocycles. The van der Waals surface area contributed by atoms with Crippen LogP contribution in [0.2, 0.25) is 0 Å². The van der Waals surface area contributed by atoms with E-state index in [2.05, 4.69) is 20.9 Å². The summed E-state index contributed by atoms with van der Waals surface area (Å²) in [6, 6.07) is 8.94. The lowest BCUT2D eigenvalue weighted by Crippen LogP contribution is -2.06. The van der Waals surface area contributed by atoms with Crippen molar-refractivity contribution in [2.75, 3.05) is 7.11 Å². The number of aryl methyl sites for hydroxylation is 1. The van der Waals surface area contributed by atoms with Gasteiger partial charge in [0.25, 0.3) is 0 Å². The van der Waals surface area contributed by atoms with E-state index in [1.54, 1.807) is 30.5 Å². The average molecular weight is 306 g/mol. The molecule has 0 unspecified atom stereocenters. The van der Waals surface area contributed by atoms with Crippen LogP contribution in [0.4, 0.5) is 0 Å². The molecule has 0 aliphatic rings. The first-order valence-electron chi connectivity index (χ1n) is 5.43. The summed E-state index contributed by atoms with van der Waals surface area (Å²) in [6.07, 6.45) is 1.58. The minimum Gasteiger partial charge on any atom is -0.494 e. The second-order valence-electron chi connectivity index (χ2n) is 3.85. The molecule has 1 aromatic carbocycles. The molecule has 0 N–H and O–H groups in total. The predicted molar refractivity (Wildman–Crippen MR) is 73.1 cm³/mol. The van der Waals surface area contributed by atoms with Gasteiger partial charge in [-0.05, 0) is 30.7 Å². The molecule has 2 rings (SSSR count). The summed E-state index contributed by atoms with van der Waals surface area (Å²) in [5.41, 5.74) is 2.00. The molecule has 1 heterocycles. The number of benzene rings is 1. The van der Waals surface area contributed by atoms with Crippen molar-refractivity contribution < 1.29 is 9.53 Å². The van der Waals surface area contributed by atoms with Gasteiger partial charge in [-0.3, -0.25) is 4.79 Å². The molecule has 92 valence electrons. The van der Waals surface area contributed by atoms with Crippen molar-refractivity contribution in [3.05, 3.63) is 57.8 Å². The number of ketones is 1. The summed E-state index contributed by atoms with van der Waals surface area (Å²) in [6.45, 7) is 1.97. The molecular formula is C14H12BrNO2. The van der Waals surface area contributed by atoms with E-state index in [9.17, 15) is 4.79 Å². The third-order valence-corrected chi connectivity index (χ3v) is 3.49. The Morgan fingerprint density at radius 1 is 1.33 bits per heavy atom. The molecule has 0 radical (unpaired) electrons. The molecule has 0 bridgehead atoms. The van der Waals surface area contributed by atoms with Gasteiger partial charge >= 0.3 is 0 Å². The maximum atomic E-state index is 12.3.